The third-order valence-corrected chi connectivity index (χ3v) is 7.37. The molecule has 1 N–H and O–H groups in total. The van der Waals surface area contributed by atoms with Crippen LogP contribution >= 0.6 is 0 Å². The summed E-state index contributed by atoms with van der Waals surface area (Å²) < 4.78 is 27.8. The second kappa shape index (κ2) is 8.11. The van der Waals surface area contributed by atoms with E-state index in [1.165, 1.54) is 23.2 Å². The molecule has 3 heterocycles. The number of nitrogens with one attached hydrogen (secondary N) is 1. The van der Waals surface area contributed by atoms with Crippen LogP contribution in [0.4, 0.5) is 5.95 Å². The van der Waals surface area contributed by atoms with Gasteiger partial charge in [0.25, 0.3) is 10.0 Å². The van der Waals surface area contributed by atoms with Crippen LogP contribution in [0.3, 0.4) is 0 Å². The lowest BCUT2D eigenvalue weighted by Crippen LogP contribution is -2.23. The van der Waals surface area contributed by atoms with Crippen molar-refractivity contribution in [3.8, 4) is 11.3 Å². The summed E-state index contributed by atoms with van der Waals surface area (Å²) in [6, 6.07) is 14.2. The zero-order chi connectivity index (χ0) is 21.3. The first kappa shape index (κ1) is 19.7. The summed E-state index contributed by atoms with van der Waals surface area (Å²) in [6.45, 7) is 0. The molecule has 31 heavy (non-hydrogen) atoms. The minimum Gasteiger partial charge on any atom is -0.351 e. The first-order valence-corrected chi connectivity index (χ1v) is 11.9. The molecule has 1 fully saturated rings. The fourth-order valence-electron chi connectivity index (χ4n) is 4.13. The van der Waals surface area contributed by atoms with Crippen LogP contribution in [0.15, 0.2) is 72.0 Å². The molecule has 0 saturated heterocycles. The number of nitrogens with zero attached hydrogens (tertiary/aromatic N) is 4. The smallest absolute Gasteiger partial charge is 0.269 e. The van der Waals surface area contributed by atoms with Gasteiger partial charge in [-0.05, 0) is 43.2 Å². The highest BCUT2D eigenvalue weighted by atomic mass is 32.2. The highest BCUT2D eigenvalue weighted by molar-refractivity contribution is 7.90. The first-order valence-electron chi connectivity index (χ1n) is 10.5. The summed E-state index contributed by atoms with van der Waals surface area (Å²) in [5, 5.41) is 4.17. The third-order valence-electron chi connectivity index (χ3n) is 5.70. The molecule has 5 rings (SSSR count). The van der Waals surface area contributed by atoms with Gasteiger partial charge in [-0.15, -0.1) is 0 Å². The Labute approximate surface area is 181 Å². The van der Waals surface area contributed by atoms with E-state index >= 15 is 0 Å². The van der Waals surface area contributed by atoms with Crippen LogP contribution < -0.4 is 5.32 Å². The summed E-state index contributed by atoms with van der Waals surface area (Å²) in [6.07, 6.45) is 10.9. The molecule has 0 bridgehead atoms. The van der Waals surface area contributed by atoms with Gasteiger partial charge in [0.1, 0.15) is 0 Å². The van der Waals surface area contributed by atoms with Crippen molar-refractivity contribution >= 4 is 27.0 Å². The normalized spacial score (nSPS) is 15.2. The molecule has 3 aromatic heterocycles. The minimum atomic E-state index is -3.79. The van der Waals surface area contributed by atoms with E-state index in [2.05, 4.69) is 15.3 Å². The Morgan fingerprint density at radius 2 is 1.71 bits per heavy atom. The van der Waals surface area contributed by atoms with Gasteiger partial charge >= 0.3 is 0 Å². The molecule has 0 radical (unpaired) electrons. The molecule has 1 aromatic carbocycles. The molecule has 0 unspecified atom stereocenters. The number of hydrogen-bond donors (Lipinski definition) is 1. The molecular weight excluding hydrogens is 410 g/mol. The summed E-state index contributed by atoms with van der Waals surface area (Å²) >= 11 is 0. The molecule has 4 aromatic rings. The van der Waals surface area contributed by atoms with Crippen LogP contribution in [0.2, 0.25) is 0 Å². The Hall–Kier alpha value is -3.26. The maximum Gasteiger partial charge on any atom is 0.269 e. The monoisotopic (exact) mass is 433 g/mol. The van der Waals surface area contributed by atoms with Crippen LogP contribution in [-0.4, -0.2) is 33.4 Å². The second-order valence-electron chi connectivity index (χ2n) is 7.78. The number of pyridine rings is 1. The second-order valence-corrected chi connectivity index (χ2v) is 9.59. The van der Waals surface area contributed by atoms with Crippen molar-refractivity contribution in [3.05, 3.63) is 67.1 Å². The van der Waals surface area contributed by atoms with Gasteiger partial charge in [-0.25, -0.2) is 27.3 Å². The average Bonchev–Trinajstić information content (AvgIpc) is 3.21. The Morgan fingerprint density at radius 3 is 2.52 bits per heavy atom. The third kappa shape index (κ3) is 3.79. The lowest BCUT2D eigenvalue weighted by atomic mass is 9.96. The fourth-order valence-corrected chi connectivity index (χ4v) is 5.48. The number of fused-ring (bicyclic) bond motifs is 1. The molecule has 1 aliphatic carbocycles. The fraction of sp³-hybridized carbons (Fsp3) is 0.261. The maximum atomic E-state index is 13.3. The number of aromatic nitrogens is 4. The van der Waals surface area contributed by atoms with Crippen LogP contribution in [0.5, 0.6) is 0 Å². The molecule has 158 valence electrons. The zero-order valence-electron chi connectivity index (χ0n) is 17.0. The average molecular weight is 434 g/mol. The van der Waals surface area contributed by atoms with Gasteiger partial charge in [-0.3, -0.25) is 0 Å². The Balaban J connectivity index is 1.58. The van der Waals surface area contributed by atoms with Crippen molar-refractivity contribution in [1.29, 1.82) is 0 Å². The molecule has 0 spiro atoms. The molecule has 1 aliphatic rings. The molecule has 0 aliphatic heterocycles. The van der Waals surface area contributed by atoms with Crippen molar-refractivity contribution in [3.63, 3.8) is 0 Å². The van der Waals surface area contributed by atoms with E-state index in [4.69, 9.17) is 4.98 Å². The number of anilines is 1. The van der Waals surface area contributed by atoms with Crippen molar-refractivity contribution in [1.82, 2.24) is 18.9 Å². The number of benzene rings is 1. The predicted molar refractivity (Wildman–Crippen MR) is 120 cm³/mol. The lowest BCUT2D eigenvalue weighted by Gasteiger charge is -2.22. The number of rotatable bonds is 5. The molecule has 8 heteroatoms. The summed E-state index contributed by atoms with van der Waals surface area (Å²) in [4.78, 5) is 13.7. The molecule has 0 atom stereocenters. The van der Waals surface area contributed by atoms with E-state index in [-0.39, 0.29) is 4.90 Å². The molecule has 7 nitrogen and oxygen atoms in total. The maximum absolute atomic E-state index is 13.3. The van der Waals surface area contributed by atoms with Gasteiger partial charge in [-0.2, -0.15) is 0 Å². The van der Waals surface area contributed by atoms with Gasteiger partial charge in [0.05, 0.1) is 10.6 Å². The van der Waals surface area contributed by atoms with Crippen molar-refractivity contribution in [2.75, 3.05) is 5.32 Å². The van der Waals surface area contributed by atoms with Crippen molar-refractivity contribution in [2.24, 2.45) is 0 Å². The highest BCUT2D eigenvalue weighted by Crippen LogP contribution is 2.31. The summed E-state index contributed by atoms with van der Waals surface area (Å²) in [5.41, 5.74) is 1.74. The Bertz CT molecular complexity index is 1310. The van der Waals surface area contributed by atoms with E-state index in [9.17, 15) is 8.42 Å². The van der Waals surface area contributed by atoms with Crippen molar-refractivity contribution < 1.29 is 8.42 Å². The van der Waals surface area contributed by atoms with Crippen LogP contribution in [0.25, 0.3) is 22.3 Å². The quantitative estimate of drug-likeness (QED) is 0.499. The Morgan fingerprint density at radius 1 is 0.903 bits per heavy atom. The standard InChI is InChI=1S/C23H23N5O2S/c29-31(30,18-10-5-2-6-11-18)28-16-20(19-12-7-14-24-22(19)28)21-13-15-25-23(27-21)26-17-8-3-1-4-9-17/h2,5-7,10-17H,1,3-4,8-9H2,(H,25,26,27). The van der Waals surface area contributed by atoms with E-state index in [1.807, 2.05) is 6.07 Å². The Kier molecular flexibility index (Phi) is 5.15. The van der Waals surface area contributed by atoms with Gasteiger partial charge < -0.3 is 5.32 Å². The van der Waals surface area contributed by atoms with Crippen LogP contribution in [0.1, 0.15) is 32.1 Å². The van der Waals surface area contributed by atoms with Gasteiger partial charge in [0.2, 0.25) is 5.95 Å². The SMILES string of the molecule is O=S(=O)(c1ccccc1)n1cc(-c2ccnc(NC3CCCCC3)n2)c2cccnc21. The zero-order valence-corrected chi connectivity index (χ0v) is 17.8. The molecule has 0 amide bonds. The van der Waals surface area contributed by atoms with E-state index in [0.717, 1.165) is 18.2 Å². The summed E-state index contributed by atoms with van der Waals surface area (Å²) in [5.74, 6) is 0.570. The molecule has 1 saturated carbocycles. The largest absolute Gasteiger partial charge is 0.351 e. The van der Waals surface area contributed by atoms with E-state index in [0.29, 0.717) is 28.9 Å². The number of hydrogen-bond acceptors (Lipinski definition) is 6. The molecular formula is C23H23N5O2S. The first-order chi connectivity index (χ1) is 15.1. The van der Waals surface area contributed by atoms with E-state index < -0.39 is 10.0 Å². The van der Waals surface area contributed by atoms with Crippen LogP contribution in [-0.2, 0) is 10.0 Å². The highest BCUT2D eigenvalue weighted by Gasteiger charge is 2.23. The van der Waals surface area contributed by atoms with E-state index in [1.54, 1.807) is 61.1 Å². The topological polar surface area (TPSA) is 89.8 Å². The van der Waals surface area contributed by atoms with Gasteiger partial charge in [0.15, 0.2) is 5.65 Å². The lowest BCUT2D eigenvalue weighted by molar-refractivity contribution is 0.461. The van der Waals surface area contributed by atoms with Crippen LogP contribution in [0, 0.1) is 0 Å². The van der Waals surface area contributed by atoms with Gasteiger partial charge in [0, 0.05) is 35.6 Å². The van der Waals surface area contributed by atoms with Crippen molar-refractivity contribution in [2.45, 2.75) is 43.0 Å². The minimum absolute atomic E-state index is 0.214. The summed E-state index contributed by atoms with van der Waals surface area (Å²) in [7, 11) is -3.79. The van der Waals surface area contributed by atoms with Gasteiger partial charge in [-0.1, -0.05) is 37.5 Å². The predicted octanol–water partition coefficient (Wildman–Crippen LogP) is 4.47.